The summed E-state index contributed by atoms with van der Waals surface area (Å²) in [6, 6.07) is 8.33. The third kappa shape index (κ3) is 3.07. The summed E-state index contributed by atoms with van der Waals surface area (Å²) in [6.07, 6.45) is 1.74. The van der Waals surface area contributed by atoms with Gasteiger partial charge in [-0.2, -0.15) is 0 Å². The molecule has 0 spiro atoms. The van der Waals surface area contributed by atoms with Gasteiger partial charge in [0.25, 0.3) is 0 Å². The molecule has 0 atom stereocenters. The van der Waals surface area contributed by atoms with Crippen LogP contribution in [0.5, 0.6) is 0 Å². The van der Waals surface area contributed by atoms with Crippen molar-refractivity contribution in [2.75, 3.05) is 26.8 Å². The Hall–Kier alpha value is -1.10. The van der Waals surface area contributed by atoms with Crippen LogP contribution in [0.1, 0.15) is 24.0 Å². The molecule has 1 N–H and O–H groups in total. The predicted molar refractivity (Wildman–Crippen MR) is 84.4 cm³/mol. The second-order valence-corrected chi connectivity index (χ2v) is 5.89. The van der Waals surface area contributed by atoms with Gasteiger partial charge in [-0.1, -0.05) is 24.3 Å². The number of rotatable bonds is 3. The number of nitrogens with zero attached hydrogens (tertiary/aromatic N) is 1. The van der Waals surface area contributed by atoms with Gasteiger partial charge in [0.2, 0.25) is 5.91 Å². The molecule has 21 heavy (non-hydrogen) atoms. The number of ether oxygens (including phenoxy) is 1. The van der Waals surface area contributed by atoms with Crippen molar-refractivity contribution in [2.45, 2.75) is 25.9 Å². The van der Waals surface area contributed by atoms with Gasteiger partial charge in [-0.05, 0) is 37.1 Å². The molecule has 0 saturated carbocycles. The van der Waals surface area contributed by atoms with Crippen LogP contribution in [-0.2, 0) is 22.6 Å². The number of hydrogen-bond donors (Lipinski definition) is 1. The first-order chi connectivity index (χ1) is 9.75. The molecule has 116 valence electrons. The summed E-state index contributed by atoms with van der Waals surface area (Å²) in [6.45, 7) is 3.81. The van der Waals surface area contributed by atoms with E-state index in [2.05, 4.69) is 17.4 Å². The zero-order valence-electron chi connectivity index (χ0n) is 12.4. The van der Waals surface area contributed by atoms with Crippen molar-refractivity contribution in [3.8, 4) is 0 Å². The Morgan fingerprint density at radius 2 is 1.81 bits per heavy atom. The van der Waals surface area contributed by atoms with E-state index in [0.29, 0.717) is 6.61 Å². The van der Waals surface area contributed by atoms with Gasteiger partial charge in [0.15, 0.2) is 0 Å². The van der Waals surface area contributed by atoms with Gasteiger partial charge in [-0.15, -0.1) is 12.4 Å². The lowest BCUT2D eigenvalue weighted by molar-refractivity contribution is -0.148. The molecule has 0 unspecified atom stereocenters. The zero-order chi connectivity index (χ0) is 14.0. The standard InChI is InChI=1S/C16H22N2O2.ClH/c1-20-12-16(6-8-17-9-7-16)15(19)18-10-13-4-2-3-5-14(13)11-18;/h2-5,17H,6-12H2,1H3;1H. The quantitative estimate of drug-likeness (QED) is 0.928. The van der Waals surface area contributed by atoms with Gasteiger partial charge in [0, 0.05) is 20.2 Å². The van der Waals surface area contributed by atoms with Crippen molar-refractivity contribution < 1.29 is 9.53 Å². The van der Waals surface area contributed by atoms with E-state index in [1.54, 1.807) is 7.11 Å². The summed E-state index contributed by atoms with van der Waals surface area (Å²) in [5.41, 5.74) is 2.23. The lowest BCUT2D eigenvalue weighted by Crippen LogP contribution is -2.50. The normalized spacial score (nSPS) is 19.8. The SMILES string of the molecule is COCC1(C(=O)N2Cc3ccccc3C2)CCNCC1.Cl. The number of nitrogens with one attached hydrogen (secondary N) is 1. The first-order valence-corrected chi connectivity index (χ1v) is 7.31. The fraction of sp³-hybridized carbons (Fsp3) is 0.562. The van der Waals surface area contributed by atoms with E-state index in [4.69, 9.17) is 4.74 Å². The molecule has 1 amide bonds. The minimum atomic E-state index is -0.331. The van der Waals surface area contributed by atoms with Gasteiger partial charge >= 0.3 is 0 Å². The summed E-state index contributed by atoms with van der Waals surface area (Å²) < 4.78 is 5.37. The molecule has 0 bridgehead atoms. The molecule has 2 aliphatic rings. The molecule has 2 aliphatic heterocycles. The van der Waals surface area contributed by atoms with Crippen LogP contribution in [0.25, 0.3) is 0 Å². The third-order valence-corrected chi connectivity index (χ3v) is 4.56. The van der Waals surface area contributed by atoms with Gasteiger partial charge in [0.1, 0.15) is 0 Å². The van der Waals surface area contributed by atoms with Crippen LogP contribution in [0.2, 0.25) is 0 Å². The summed E-state index contributed by atoms with van der Waals surface area (Å²) in [7, 11) is 1.69. The summed E-state index contributed by atoms with van der Waals surface area (Å²) in [4.78, 5) is 15.0. The van der Waals surface area contributed by atoms with Crippen LogP contribution in [0.3, 0.4) is 0 Å². The number of carbonyl (C=O) groups is 1. The molecule has 2 heterocycles. The smallest absolute Gasteiger partial charge is 0.231 e. The zero-order valence-corrected chi connectivity index (χ0v) is 13.2. The van der Waals surface area contributed by atoms with E-state index in [-0.39, 0.29) is 23.7 Å². The van der Waals surface area contributed by atoms with E-state index in [1.807, 2.05) is 17.0 Å². The number of benzene rings is 1. The molecule has 5 heteroatoms. The second-order valence-electron chi connectivity index (χ2n) is 5.89. The third-order valence-electron chi connectivity index (χ3n) is 4.56. The Kier molecular flexibility index (Phi) is 5.25. The molecule has 1 aromatic rings. The van der Waals surface area contributed by atoms with E-state index in [0.717, 1.165) is 39.0 Å². The van der Waals surface area contributed by atoms with Crippen LogP contribution in [0.4, 0.5) is 0 Å². The first-order valence-electron chi connectivity index (χ1n) is 7.31. The van der Waals surface area contributed by atoms with Gasteiger partial charge in [0.05, 0.1) is 12.0 Å². The molecule has 1 fully saturated rings. The van der Waals surface area contributed by atoms with E-state index >= 15 is 0 Å². The highest BCUT2D eigenvalue weighted by Crippen LogP contribution is 2.34. The fourth-order valence-corrected chi connectivity index (χ4v) is 3.41. The van der Waals surface area contributed by atoms with Crippen LogP contribution < -0.4 is 5.32 Å². The lowest BCUT2D eigenvalue weighted by atomic mass is 9.78. The predicted octanol–water partition coefficient (Wildman–Crippen LogP) is 1.97. The monoisotopic (exact) mass is 310 g/mol. The number of methoxy groups -OCH3 is 1. The molecule has 0 aliphatic carbocycles. The average Bonchev–Trinajstić information content (AvgIpc) is 2.91. The molecule has 0 radical (unpaired) electrons. The summed E-state index contributed by atoms with van der Waals surface area (Å²) in [5.74, 6) is 0.261. The molecule has 3 rings (SSSR count). The Morgan fingerprint density at radius 3 is 2.33 bits per heavy atom. The van der Waals surface area contributed by atoms with Gasteiger partial charge in [-0.3, -0.25) is 4.79 Å². The Labute approximate surface area is 132 Å². The number of hydrogen-bond acceptors (Lipinski definition) is 3. The van der Waals surface area contributed by atoms with E-state index in [1.165, 1.54) is 11.1 Å². The highest BCUT2D eigenvalue weighted by atomic mass is 35.5. The van der Waals surface area contributed by atoms with Crippen LogP contribution in [0, 0.1) is 5.41 Å². The number of fused-ring (bicyclic) bond motifs is 1. The number of piperidine rings is 1. The van der Waals surface area contributed by atoms with Gasteiger partial charge < -0.3 is 15.0 Å². The molecule has 4 nitrogen and oxygen atoms in total. The van der Waals surface area contributed by atoms with Crippen LogP contribution in [-0.4, -0.2) is 37.6 Å². The highest BCUT2D eigenvalue weighted by Gasteiger charge is 2.43. The molecular formula is C16H23ClN2O2. The van der Waals surface area contributed by atoms with Crippen molar-refractivity contribution in [1.29, 1.82) is 0 Å². The van der Waals surface area contributed by atoms with Gasteiger partial charge in [-0.25, -0.2) is 0 Å². The summed E-state index contributed by atoms with van der Waals surface area (Å²) in [5, 5.41) is 3.33. The fourth-order valence-electron chi connectivity index (χ4n) is 3.41. The largest absolute Gasteiger partial charge is 0.384 e. The lowest BCUT2D eigenvalue weighted by Gasteiger charge is -2.38. The average molecular weight is 311 g/mol. The second kappa shape index (κ2) is 6.77. The van der Waals surface area contributed by atoms with Crippen molar-refractivity contribution >= 4 is 18.3 Å². The maximum Gasteiger partial charge on any atom is 0.231 e. The first kappa shape index (κ1) is 16.3. The Bertz CT molecular complexity index is 470. The topological polar surface area (TPSA) is 41.6 Å². The van der Waals surface area contributed by atoms with E-state index in [9.17, 15) is 4.79 Å². The van der Waals surface area contributed by atoms with E-state index < -0.39 is 0 Å². The highest BCUT2D eigenvalue weighted by molar-refractivity contribution is 5.85. The Balaban J connectivity index is 0.00000161. The minimum absolute atomic E-state index is 0. The van der Waals surface area contributed by atoms with Crippen molar-refractivity contribution in [3.05, 3.63) is 35.4 Å². The molecular weight excluding hydrogens is 288 g/mol. The molecule has 1 saturated heterocycles. The summed E-state index contributed by atoms with van der Waals surface area (Å²) >= 11 is 0. The Morgan fingerprint density at radius 1 is 1.24 bits per heavy atom. The minimum Gasteiger partial charge on any atom is -0.384 e. The van der Waals surface area contributed by atoms with Crippen molar-refractivity contribution in [2.24, 2.45) is 5.41 Å². The molecule has 0 aromatic heterocycles. The van der Waals surface area contributed by atoms with Crippen molar-refractivity contribution in [1.82, 2.24) is 10.2 Å². The van der Waals surface area contributed by atoms with Crippen LogP contribution in [0.15, 0.2) is 24.3 Å². The number of amides is 1. The maximum absolute atomic E-state index is 13.0. The number of halogens is 1. The van der Waals surface area contributed by atoms with Crippen LogP contribution >= 0.6 is 12.4 Å². The maximum atomic E-state index is 13.0. The van der Waals surface area contributed by atoms with Crippen molar-refractivity contribution in [3.63, 3.8) is 0 Å². The number of carbonyl (C=O) groups excluding carboxylic acids is 1. The molecule has 1 aromatic carbocycles.